The van der Waals surface area contributed by atoms with Gasteiger partial charge in [-0.25, -0.2) is 17.8 Å². The van der Waals surface area contributed by atoms with Crippen LogP contribution in [0.1, 0.15) is 12.8 Å². The average molecular weight is 351 g/mol. The highest BCUT2D eigenvalue weighted by Crippen LogP contribution is 2.24. The Bertz CT molecular complexity index is 786. The van der Waals surface area contributed by atoms with Gasteiger partial charge in [-0.3, -0.25) is 4.72 Å². The largest absolute Gasteiger partial charge is 0.506 e. The Morgan fingerprint density at radius 3 is 2.38 bits per heavy atom. The van der Waals surface area contributed by atoms with E-state index in [0.29, 0.717) is 25.9 Å². The van der Waals surface area contributed by atoms with Crippen molar-refractivity contribution in [3.8, 4) is 5.75 Å². The molecule has 2 N–H and O–H groups in total. The molecule has 0 spiro atoms. The smallest absolute Gasteiger partial charge is 0.236 e. The number of nitrogens with one attached hydrogen (secondary N) is 1. The molecule has 128 valence electrons. The minimum absolute atomic E-state index is 0.0226. The summed E-state index contributed by atoms with van der Waals surface area (Å²) in [6, 6.07) is 8.99. The van der Waals surface area contributed by atoms with Crippen LogP contribution in [-0.2, 0) is 10.0 Å². The van der Waals surface area contributed by atoms with Crippen molar-refractivity contribution in [1.29, 1.82) is 0 Å². The number of aromatic nitrogens is 1. The second-order valence-electron chi connectivity index (χ2n) is 5.71. The molecule has 2 aromatic rings. The van der Waals surface area contributed by atoms with E-state index in [9.17, 15) is 17.9 Å². The topological polar surface area (TPSA) is 82.5 Å². The molecule has 1 aromatic carbocycles. The van der Waals surface area contributed by atoms with E-state index < -0.39 is 15.3 Å². The van der Waals surface area contributed by atoms with Gasteiger partial charge in [0.2, 0.25) is 10.0 Å². The molecule has 0 radical (unpaired) electrons. The summed E-state index contributed by atoms with van der Waals surface area (Å²) in [6.07, 6.45) is 2.14. The van der Waals surface area contributed by atoms with Gasteiger partial charge < -0.3 is 10.0 Å². The van der Waals surface area contributed by atoms with Crippen LogP contribution in [0.3, 0.4) is 0 Å². The summed E-state index contributed by atoms with van der Waals surface area (Å²) in [6.45, 7) is 1.17. The molecular formula is C16H18FN3O3S. The number of hydrogen-bond donors (Lipinski definition) is 2. The average Bonchev–Trinajstić information content (AvgIpc) is 2.58. The lowest BCUT2D eigenvalue weighted by molar-refractivity contribution is 0.473. The van der Waals surface area contributed by atoms with Crippen LogP contribution in [0.5, 0.6) is 5.75 Å². The molecule has 0 atom stereocenters. The van der Waals surface area contributed by atoms with Crippen molar-refractivity contribution in [2.45, 2.75) is 18.1 Å². The minimum Gasteiger partial charge on any atom is -0.506 e. The van der Waals surface area contributed by atoms with Crippen LogP contribution in [-0.4, -0.2) is 36.8 Å². The van der Waals surface area contributed by atoms with E-state index in [-0.39, 0.29) is 17.4 Å². The fourth-order valence-electron chi connectivity index (χ4n) is 2.75. The normalized spacial score (nSPS) is 16.1. The maximum absolute atomic E-state index is 13.0. The summed E-state index contributed by atoms with van der Waals surface area (Å²) in [5, 5.41) is 8.68. The lowest BCUT2D eigenvalue weighted by Gasteiger charge is -2.33. The molecule has 0 saturated carbocycles. The predicted molar refractivity (Wildman–Crippen MR) is 90.1 cm³/mol. The van der Waals surface area contributed by atoms with E-state index in [1.54, 1.807) is 12.1 Å². The summed E-state index contributed by atoms with van der Waals surface area (Å²) >= 11 is 0. The molecule has 0 bridgehead atoms. The zero-order valence-corrected chi connectivity index (χ0v) is 13.7. The molecular weight excluding hydrogens is 333 g/mol. The molecule has 6 nitrogen and oxygen atoms in total. The summed E-state index contributed by atoms with van der Waals surface area (Å²) < 4.78 is 40.3. The number of sulfonamides is 1. The van der Waals surface area contributed by atoms with Crippen molar-refractivity contribution in [1.82, 2.24) is 4.98 Å². The number of nitrogens with zero attached hydrogens (tertiary/aromatic N) is 2. The molecule has 24 heavy (non-hydrogen) atoms. The van der Waals surface area contributed by atoms with E-state index in [1.807, 2.05) is 4.90 Å². The lowest BCUT2D eigenvalue weighted by Crippen LogP contribution is -2.41. The van der Waals surface area contributed by atoms with E-state index in [1.165, 1.54) is 30.5 Å². The van der Waals surface area contributed by atoms with E-state index >= 15 is 0 Å². The highest BCUT2D eigenvalue weighted by molar-refractivity contribution is 7.93. The van der Waals surface area contributed by atoms with E-state index in [4.69, 9.17) is 0 Å². The maximum atomic E-state index is 13.0. The molecule has 0 unspecified atom stereocenters. The van der Waals surface area contributed by atoms with Crippen molar-refractivity contribution in [2.24, 2.45) is 0 Å². The monoisotopic (exact) mass is 351 g/mol. The van der Waals surface area contributed by atoms with Crippen LogP contribution in [0.4, 0.5) is 15.9 Å². The van der Waals surface area contributed by atoms with Crippen LogP contribution >= 0.6 is 0 Å². The van der Waals surface area contributed by atoms with Gasteiger partial charge in [0.25, 0.3) is 0 Å². The molecule has 2 heterocycles. The third-order valence-corrected chi connectivity index (χ3v) is 5.91. The van der Waals surface area contributed by atoms with E-state index in [0.717, 1.165) is 5.69 Å². The first-order valence-electron chi connectivity index (χ1n) is 7.61. The summed E-state index contributed by atoms with van der Waals surface area (Å²) in [7, 11) is -3.54. The minimum atomic E-state index is -3.54. The Labute approximate surface area is 140 Å². The van der Waals surface area contributed by atoms with Crippen molar-refractivity contribution in [3.63, 3.8) is 0 Å². The third-order valence-electron chi connectivity index (χ3n) is 4.07. The Hall–Kier alpha value is -2.35. The van der Waals surface area contributed by atoms with Gasteiger partial charge in [-0.05, 0) is 49.2 Å². The summed E-state index contributed by atoms with van der Waals surface area (Å²) in [5.41, 5.74) is 0.889. The van der Waals surface area contributed by atoms with Gasteiger partial charge in [0, 0.05) is 18.8 Å². The fourth-order valence-corrected chi connectivity index (χ4v) is 4.16. The second kappa shape index (κ2) is 6.64. The Morgan fingerprint density at radius 1 is 1.12 bits per heavy atom. The molecule has 1 fully saturated rings. The van der Waals surface area contributed by atoms with E-state index in [2.05, 4.69) is 9.71 Å². The van der Waals surface area contributed by atoms with Gasteiger partial charge in [0.1, 0.15) is 17.4 Å². The Morgan fingerprint density at radius 2 is 1.79 bits per heavy atom. The molecule has 3 rings (SSSR count). The number of pyridine rings is 1. The van der Waals surface area contributed by atoms with Gasteiger partial charge in [0.05, 0.1) is 11.4 Å². The van der Waals surface area contributed by atoms with Crippen LogP contribution in [0, 0.1) is 5.82 Å². The number of aromatic hydroxyl groups is 1. The molecule has 1 aromatic heterocycles. The van der Waals surface area contributed by atoms with Gasteiger partial charge in [-0.2, -0.15) is 0 Å². The molecule has 1 saturated heterocycles. The highest BCUT2D eigenvalue weighted by atomic mass is 32.2. The SMILES string of the molecule is O=S(=O)(Nc1ccc(O)cn1)C1CCN(c2ccc(F)cc2)CC1. The quantitative estimate of drug-likeness (QED) is 0.883. The standard InChI is InChI=1S/C16H18FN3O3S/c17-12-1-3-13(4-2-12)20-9-7-15(8-10-20)24(22,23)19-16-6-5-14(21)11-18-16/h1-6,11,15,21H,7-10H2,(H,18,19). The number of rotatable bonds is 4. The first-order valence-corrected chi connectivity index (χ1v) is 9.16. The van der Waals surface area contributed by atoms with Crippen molar-refractivity contribution in [3.05, 3.63) is 48.4 Å². The third kappa shape index (κ3) is 3.76. The number of anilines is 2. The first kappa shape index (κ1) is 16.5. The molecule has 1 aliphatic heterocycles. The Kier molecular flexibility index (Phi) is 4.57. The van der Waals surface area contributed by atoms with Crippen LogP contribution < -0.4 is 9.62 Å². The second-order valence-corrected chi connectivity index (χ2v) is 7.67. The van der Waals surface area contributed by atoms with Crippen LogP contribution in [0.25, 0.3) is 0 Å². The summed E-state index contributed by atoms with van der Waals surface area (Å²) in [5.74, 6) is -0.124. The van der Waals surface area contributed by atoms with Crippen LogP contribution in [0.15, 0.2) is 42.6 Å². The number of piperidine rings is 1. The first-order chi connectivity index (χ1) is 11.4. The molecule has 1 aliphatic rings. The molecule has 8 heteroatoms. The van der Waals surface area contributed by atoms with Gasteiger partial charge in [-0.1, -0.05) is 0 Å². The van der Waals surface area contributed by atoms with Crippen molar-refractivity contribution >= 4 is 21.5 Å². The van der Waals surface area contributed by atoms with Crippen molar-refractivity contribution in [2.75, 3.05) is 22.7 Å². The van der Waals surface area contributed by atoms with Gasteiger partial charge in [-0.15, -0.1) is 0 Å². The number of halogens is 1. The van der Waals surface area contributed by atoms with Gasteiger partial charge >= 0.3 is 0 Å². The summed E-state index contributed by atoms with van der Waals surface area (Å²) in [4.78, 5) is 5.89. The molecule has 0 amide bonds. The fraction of sp³-hybridized carbons (Fsp3) is 0.312. The predicted octanol–water partition coefficient (Wildman–Crippen LogP) is 2.34. The zero-order chi connectivity index (χ0) is 17.2. The Balaban J connectivity index is 1.62. The lowest BCUT2D eigenvalue weighted by atomic mass is 10.1. The number of hydrogen-bond acceptors (Lipinski definition) is 5. The molecule has 0 aliphatic carbocycles. The highest BCUT2D eigenvalue weighted by Gasteiger charge is 2.30. The van der Waals surface area contributed by atoms with Crippen molar-refractivity contribution < 1.29 is 17.9 Å². The van der Waals surface area contributed by atoms with Gasteiger partial charge in [0.15, 0.2) is 0 Å². The number of benzene rings is 1. The zero-order valence-electron chi connectivity index (χ0n) is 12.9. The maximum Gasteiger partial charge on any atom is 0.236 e. The van der Waals surface area contributed by atoms with Crippen LogP contribution in [0.2, 0.25) is 0 Å².